The second-order valence-electron chi connectivity index (χ2n) is 4.43. The van der Waals surface area contributed by atoms with Gasteiger partial charge in [0.25, 0.3) is 0 Å². The maximum Gasteiger partial charge on any atom is 0.232 e. The van der Waals surface area contributed by atoms with E-state index in [2.05, 4.69) is 4.72 Å². The Morgan fingerprint density at radius 2 is 1.61 bits per heavy atom. The number of rotatable bonds is 7. The Balaban J connectivity index is 3.02. The number of hydrogen-bond acceptors (Lipinski definition) is 2. The van der Waals surface area contributed by atoms with Crippen LogP contribution >= 0.6 is 0 Å². The zero-order valence-corrected chi connectivity index (χ0v) is 12.3. The van der Waals surface area contributed by atoms with Gasteiger partial charge in [0, 0.05) is 0 Å². The molecule has 0 fully saturated rings. The Hall–Kier alpha value is -1.03. The van der Waals surface area contributed by atoms with E-state index in [4.69, 9.17) is 0 Å². The van der Waals surface area contributed by atoms with Gasteiger partial charge in [0.15, 0.2) is 0 Å². The van der Waals surface area contributed by atoms with Crippen LogP contribution < -0.4 is 4.72 Å². The van der Waals surface area contributed by atoms with E-state index < -0.39 is 10.0 Å². The SMILES string of the molecule is CCCCS(=O)(=O)Nc1c(CC)cccc1CC. The monoisotopic (exact) mass is 269 g/mol. The molecule has 0 saturated heterocycles. The minimum Gasteiger partial charge on any atom is -0.283 e. The molecule has 0 aliphatic rings. The van der Waals surface area contributed by atoms with E-state index in [9.17, 15) is 8.42 Å². The molecular formula is C14H23NO2S. The number of sulfonamides is 1. The molecule has 3 nitrogen and oxygen atoms in total. The Morgan fingerprint density at radius 1 is 1.06 bits per heavy atom. The number of unbranched alkanes of at least 4 members (excludes halogenated alkanes) is 1. The Morgan fingerprint density at radius 3 is 2.06 bits per heavy atom. The molecule has 0 spiro atoms. The van der Waals surface area contributed by atoms with Gasteiger partial charge in [0.05, 0.1) is 11.4 Å². The average molecular weight is 269 g/mol. The summed E-state index contributed by atoms with van der Waals surface area (Å²) in [5.74, 6) is 0.199. The molecule has 1 aromatic rings. The molecule has 0 unspecified atom stereocenters. The van der Waals surface area contributed by atoms with Crippen LogP contribution in [0.4, 0.5) is 5.69 Å². The standard InChI is InChI=1S/C14H23NO2S/c1-4-7-11-18(16,17)15-14-12(5-2)9-8-10-13(14)6-3/h8-10,15H,4-7,11H2,1-3H3. The first-order valence-electron chi connectivity index (χ1n) is 6.65. The molecule has 0 saturated carbocycles. The lowest BCUT2D eigenvalue weighted by atomic mass is 10.0. The van der Waals surface area contributed by atoms with Crippen LogP contribution in [0.3, 0.4) is 0 Å². The lowest BCUT2D eigenvalue weighted by Gasteiger charge is -2.15. The van der Waals surface area contributed by atoms with Gasteiger partial charge in [-0.3, -0.25) is 4.72 Å². The Kier molecular flexibility index (Phi) is 5.66. The molecule has 18 heavy (non-hydrogen) atoms. The van der Waals surface area contributed by atoms with Gasteiger partial charge >= 0.3 is 0 Å². The van der Waals surface area contributed by atoms with Crippen LogP contribution in [0.2, 0.25) is 0 Å². The Bertz CT molecular complexity index is 458. The number of para-hydroxylation sites is 1. The fourth-order valence-corrected chi connectivity index (χ4v) is 3.26. The highest BCUT2D eigenvalue weighted by Gasteiger charge is 2.14. The summed E-state index contributed by atoms with van der Waals surface area (Å²) >= 11 is 0. The van der Waals surface area contributed by atoms with Crippen molar-refractivity contribution in [3.05, 3.63) is 29.3 Å². The van der Waals surface area contributed by atoms with Gasteiger partial charge in [0.2, 0.25) is 10.0 Å². The number of aryl methyl sites for hydroxylation is 2. The first-order valence-corrected chi connectivity index (χ1v) is 8.30. The molecule has 1 N–H and O–H groups in total. The highest BCUT2D eigenvalue weighted by atomic mass is 32.2. The summed E-state index contributed by atoms with van der Waals surface area (Å²) < 4.78 is 26.7. The van der Waals surface area contributed by atoms with Gasteiger partial charge in [-0.1, -0.05) is 45.4 Å². The summed E-state index contributed by atoms with van der Waals surface area (Å²) in [4.78, 5) is 0. The highest BCUT2D eigenvalue weighted by Crippen LogP contribution is 2.23. The molecule has 0 amide bonds. The van der Waals surface area contributed by atoms with Gasteiger partial charge in [-0.05, 0) is 30.4 Å². The second kappa shape index (κ2) is 6.78. The zero-order valence-electron chi connectivity index (χ0n) is 11.5. The largest absolute Gasteiger partial charge is 0.283 e. The number of benzene rings is 1. The van der Waals surface area contributed by atoms with E-state index in [1.807, 2.05) is 39.0 Å². The predicted octanol–water partition coefficient (Wildman–Crippen LogP) is 3.35. The lowest BCUT2D eigenvalue weighted by Crippen LogP contribution is -2.18. The van der Waals surface area contributed by atoms with Crippen LogP contribution in [0.1, 0.15) is 44.7 Å². The van der Waals surface area contributed by atoms with E-state index in [0.29, 0.717) is 6.42 Å². The van der Waals surface area contributed by atoms with E-state index in [1.54, 1.807) is 0 Å². The third-order valence-corrected chi connectivity index (χ3v) is 4.36. The highest BCUT2D eigenvalue weighted by molar-refractivity contribution is 7.92. The lowest BCUT2D eigenvalue weighted by molar-refractivity contribution is 0.597. The molecule has 0 radical (unpaired) electrons. The van der Waals surface area contributed by atoms with Gasteiger partial charge in [-0.2, -0.15) is 0 Å². The van der Waals surface area contributed by atoms with Gasteiger partial charge in [0.1, 0.15) is 0 Å². The van der Waals surface area contributed by atoms with Gasteiger partial charge in [-0.25, -0.2) is 8.42 Å². The molecule has 4 heteroatoms. The normalized spacial score (nSPS) is 11.5. The van der Waals surface area contributed by atoms with Crippen molar-refractivity contribution in [1.82, 2.24) is 0 Å². The quantitative estimate of drug-likeness (QED) is 0.825. The third kappa shape index (κ3) is 4.02. The number of anilines is 1. The minimum absolute atomic E-state index is 0.199. The number of hydrogen-bond donors (Lipinski definition) is 1. The van der Waals surface area contributed by atoms with Crippen molar-refractivity contribution >= 4 is 15.7 Å². The predicted molar refractivity (Wildman–Crippen MR) is 77.5 cm³/mol. The van der Waals surface area contributed by atoms with Crippen molar-refractivity contribution in [2.75, 3.05) is 10.5 Å². The maximum atomic E-state index is 12.0. The van der Waals surface area contributed by atoms with Crippen LogP contribution in [0.25, 0.3) is 0 Å². The molecule has 1 rings (SSSR count). The van der Waals surface area contributed by atoms with Crippen molar-refractivity contribution in [2.24, 2.45) is 0 Å². The van der Waals surface area contributed by atoms with Crippen molar-refractivity contribution in [1.29, 1.82) is 0 Å². The van der Waals surface area contributed by atoms with E-state index in [0.717, 1.165) is 36.1 Å². The van der Waals surface area contributed by atoms with Crippen LogP contribution in [0, 0.1) is 0 Å². The smallest absolute Gasteiger partial charge is 0.232 e. The molecular weight excluding hydrogens is 246 g/mol. The molecule has 0 heterocycles. The summed E-state index contributed by atoms with van der Waals surface area (Å²) in [6.45, 7) is 6.07. The zero-order chi connectivity index (χ0) is 13.6. The summed E-state index contributed by atoms with van der Waals surface area (Å²) in [5, 5.41) is 0. The summed E-state index contributed by atoms with van der Waals surface area (Å²) in [6.07, 6.45) is 3.25. The third-order valence-electron chi connectivity index (χ3n) is 3.02. The topological polar surface area (TPSA) is 46.2 Å². The first-order chi connectivity index (χ1) is 8.54. The average Bonchev–Trinajstić information content (AvgIpc) is 2.36. The van der Waals surface area contributed by atoms with Gasteiger partial charge < -0.3 is 0 Å². The molecule has 0 aliphatic carbocycles. The van der Waals surface area contributed by atoms with Crippen LogP contribution in [0.15, 0.2) is 18.2 Å². The molecule has 0 bridgehead atoms. The molecule has 1 aromatic carbocycles. The minimum atomic E-state index is -3.21. The van der Waals surface area contributed by atoms with E-state index in [1.165, 1.54) is 0 Å². The van der Waals surface area contributed by atoms with E-state index in [-0.39, 0.29) is 5.75 Å². The first kappa shape index (κ1) is 15.0. The van der Waals surface area contributed by atoms with Gasteiger partial charge in [-0.15, -0.1) is 0 Å². The fourth-order valence-electron chi connectivity index (χ4n) is 1.91. The molecule has 102 valence electrons. The maximum absolute atomic E-state index is 12.0. The summed E-state index contributed by atoms with van der Waals surface area (Å²) in [7, 11) is -3.21. The molecule has 0 aromatic heterocycles. The van der Waals surface area contributed by atoms with Crippen molar-refractivity contribution < 1.29 is 8.42 Å². The van der Waals surface area contributed by atoms with Crippen molar-refractivity contribution in [3.8, 4) is 0 Å². The molecule has 0 aliphatic heterocycles. The molecule has 0 atom stereocenters. The van der Waals surface area contributed by atoms with Crippen molar-refractivity contribution in [2.45, 2.75) is 46.5 Å². The van der Waals surface area contributed by atoms with Crippen LogP contribution in [-0.4, -0.2) is 14.2 Å². The van der Waals surface area contributed by atoms with Crippen LogP contribution in [-0.2, 0) is 22.9 Å². The number of nitrogens with one attached hydrogen (secondary N) is 1. The fraction of sp³-hybridized carbons (Fsp3) is 0.571. The van der Waals surface area contributed by atoms with Crippen LogP contribution in [0.5, 0.6) is 0 Å². The Labute approximate surface area is 111 Å². The van der Waals surface area contributed by atoms with E-state index >= 15 is 0 Å². The summed E-state index contributed by atoms with van der Waals surface area (Å²) in [5.41, 5.74) is 2.92. The second-order valence-corrected chi connectivity index (χ2v) is 6.27. The van der Waals surface area contributed by atoms with Crippen molar-refractivity contribution in [3.63, 3.8) is 0 Å². The summed E-state index contributed by atoms with van der Waals surface area (Å²) in [6, 6.07) is 5.95.